The fraction of sp³-hybridized carbons (Fsp3) is 0.143. The molecule has 1 aromatic carbocycles. The standard InChI is InChI=1S/C14H10ClF3N2O/c15-12(9-4-2-1-3-5-9)13(21)20-11-7-6-10(8-19-11)14(16,17)18/h1-8,12H,(H,19,20,21). The van der Waals surface area contributed by atoms with E-state index < -0.39 is 23.0 Å². The third kappa shape index (κ3) is 3.95. The smallest absolute Gasteiger partial charge is 0.309 e. The summed E-state index contributed by atoms with van der Waals surface area (Å²) in [7, 11) is 0. The Kier molecular flexibility index (Phi) is 4.47. The average molecular weight is 315 g/mol. The highest BCUT2D eigenvalue weighted by Crippen LogP contribution is 2.29. The van der Waals surface area contributed by atoms with E-state index in [0.29, 0.717) is 11.8 Å². The van der Waals surface area contributed by atoms with Gasteiger partial charge in [-0.05, 0) is 17.7 Å². The van der Waals surface area contributed by atoms with Crippen LogP contribution in [0.5, 0.6) is 0 Å². The topological polar surface area (TPSA) is 42.0 Å². The van der Waals surface area contributed by atoms with Crippen molar-refractivity contribution in [2.24, 2.45) is 0 Å². The van der Waals surface area contributed by atoms with Crippen LogP contribution in [0.1, 0.15) is 16.5 Å². The molecule has 0 aliphatic rings. The van der Waals surface area contributed by atoms with Crippen molar-refractivity contribution in [3.05, 3.63) is 59.8 Å². The first-order valence-electron chi connectivity index (χ1n) is 5.91. The van der Waals surface area contributed by atoms with Crippen molar-refractivity contribution in [3.63, 3.8) is 0 Å². The molecule has 1 atom stereocenters. The van der Waals surface area contributed by atoms with Gasteiger partial charge in [0.1, 0.15) is 11.2 Å². The number of aromatic nitrogens is 1. The van der Waals surface area contributed by atoms with Crippen molar-refractivity contribution in [3.8, 4) is 0 Å². The van der Waals surface area contributed by atoms with Crippen molar-refractivity contribution in [1.82, 2.24) is 4.98 Å². The lowest BCUT2D eigenvalue weighted by Crippen LogP contribution is -2.18. The van der Waals surface area contributed by atoms with Crippen LogP contribution in [0.15, 0.2) is 48.7 Å². The minimum atomic E-state index is -4.46. The van der Waals surface area contributed by atoms with Gasteiger partial charge in [0.05, 0.1) is 5.56 Å². The molecule has 0 aliphatic heterocycles. The largest absolute Gasteiger partial charge is 0.417 e. The van der Waals surface area contributed by atoms with E-state index in [1.165, 1.54) is 0 Å². The highest BCUT2D eigenvalue weighted by atomic mass is 35.5. The third-order valence-corrected chi connectivity index (χ3v) is 3.11. The molecule has 110 valence electrons. The molecule has 1 unspecified atom stereocenters. The fourth-order valence-electron chi connectivity index (χ4n) is 1.60. The number of nitrogens with one attached hydrogen (secondary N) is 1. The fourth-order valence-corrected chi connectivity index (χ4v) is 1.80. The van der Waals surface area contributed by atoms with E-state index in [1.807, 2.05) is 0 Å². The lowest BCUT2D eigenvalue weighted by molar-refractivity contribution is -0.137. The van der Waals surface area contributed by atoms with E-state index in [0.717, 1.165) is 12.1 Å². The number of pyridine rings is 1. The summed E-state index contributed by atoms with van der Waals surface area (Å²) in [5.74, 6) is -0.551. The number of rotatable bonds is 3. The Morgan fingerprint density at radius 3 is 2.33 bits per heavy atom. The number of carbonyl (C=O) groups excluding carboxylic acids is 1. The van der Waals surface area contributed by atoms with Gasteiger partial charge < -0.3 is 5.32 Å². The molecule has 7 heteroatoms. The zero-order valence-corrected chi connectivity index (χ0v) is 11.3. The van der Waals surface area contributed by atoms with Gasteiger partial charge in [0.2, 0.25) is 5.91 Å². The number of anilines is 1. The van der Waals surface area contributed by atoms with Crippen LogP contribution in [0.2, 0.25) is 0 Å². The summed E-state index contributed by atoms with van der Waals surface area (Å²) in [6.07, 6.45) is -3.81. The van der Waals surface area contributed by atoms with Crippen molar-refractivity contribution >= 4 is 23.3 Å². The van der Waals surface area contributed by atoms with E-state index in [-0.39, 0.29) is 5.82 Å². The molecule has 0 saturated heterocycles. The molecule has 1 amide bonds. The first kappa shape index (κ1) is 15.3. The van der Waals surface area contributed by atoms with Crippen LogP contribution in [0, 0.1) is 0 Å². The zero-order valence-electron chi connectivity index (χ0n) is 10.6. The monoisotopic (exact) mass is 314 g/mol. The van der Waals surface area contributed by atoms with E-state index >= 15 is 0 Å². The van der Waals surface area contributed by atoms with Gasteiger partial charge in [0.15, 0.2) is 0 Å². The molecule has 0 aliphatic carbocycles. The molecule has 1 heterocycles. The lowest BCUT2D eigenvalue weighted by atomic mass is 10.1. The maximum atomic E-state index is 12.4. The van der Waals surface area contributed by atoms with Crippen LogP contribution in [-0.2, 0) is 11.0 Å². The van der Waals surface area contributed by atoms with E-state index in [1.54, 1.807) is 30.3 Å². The molecule has 1 N–H and O–H groups in total. The summed E-state index contributed by atoms with van der Waals surface area (Å²) in [5, 5.41) is 1.42. The van der Waals surface area contributed by atoms with Gasteiger partial charge in [-0.1, -0.05) is 30.3 Å². The summed E-state index contributed by atoms with van der Waals surface area (Å²) in [6, 6.07) is 10.5. The van der Waals surface area contributed by atoms with Gasteiger partial charge in [-0.3, -0.25) is 4.79 Å². The highest BCUT2D eigenvalue weighted by Gasteiger charge is 2.30. The highest BCUT2D eigenvalue weighted by molar-refractivity contribution is 6.32. The normalized spacial score (nSPS) is 12.8. The third-order valence-electron chi connectivity index (χ3n) is 2.66. The van der Waals surface area contributed by atoms with Crippen molar-refractivity contribution < 1.29 is 18.0 Å². The molecule has 21 heavy (non-hydrogen) atoms. The second-order valence-corrected chi connectivity index (χ2v) is 4.63. The predicted octanol–water partition coefficient (Wildman–Crippen LogP) is 4.02. The summed E-state index contributed by atoms with van der Waals surface area (Å²) in [6.45, 7) is 0. The van der Waals surface area contributed by atoms with Gasteiger partial charge in [-0.15, -0.1) is 11.6 Å². The van der Waals surface area contributed by atoms with Crippen LogP contribution in [0.3, 0.4) is 0 Å². The van der Waals surface area contributed by atoms with Gasteiger partial charge in [0.25, 0.3) is 0 Å². The van der Waals surface area contributed by atoms with Crippen LogP contribution in [0.25, 0.3) is 0 Å². The molecule has 0 spiro atoms. The van der Waals surface area contributed by atoms with Crippen molar-refractivity contribution in [2.75, 3.05) is 5.32 Å². The predicted molar refractivity (Wildman–Crippen MR) is 72.9 cm³/mol. The van der Waals surface area contributed by atoms with Crippen LogP contribution < -0.4 is 5.32 Å². The van der Waals surface area contributed by atoms with Gasteiger partial charge in [-0.2, -0.15) is 13.2 Å². The molecular weight excluding hydrogens is 305 g/mol. The summed E-state index contributed by atoms with van der Waals surface area (Å²) < 4.78 is 37.1. The second kappa shape index (κ2) is 6.13. The molecule has 1 aromatic heterocycles. The lowest BCUT2D eigenvalue weighted by Gasteiger charge is -2.11. The molecule has 0 radical (unpaired) electrons. The molecule has 3 nitrogen and oxygen atoms in total. The van der Waals surface area contributed by atoms with Crippen LogP contribution in [-0.4, -0.2) is 10.9 Å². The Hall–Kier alpha value is -2.08. The number of benzene rings is 1. The molecule has 2 rings (SSSR count). The Morgan fingerprint density at radius 2 is 1.81 bits per heavy atom. The Morgan fingerprint density at radius 1 is 1.14 bits per heavy atom. The summed E-state index contributed by atoms with van der Waals surface area (Å²) in [4.78, 5) is 15.4. The minimum absolute atomic E-state index is 0.00887. The quantitative estimate of drug-likeness (QED) is 0.869. The number of alkyl halides is 4. The molecule has 0 bridgehead atoms. The van der Waals surface area contributed by atoms with Gasteiger partial charge in [0, 0.05) is 6.20 Å². The van der Waals surface area contributed by atoms with E-state index in [2.05, 4.69) is 10.3 Å². The second-order valence-electron chi connectivity index (χ2n) is 4.19. The number of amides is 1. The van der Waals surface area contributed by atoms with Gasteiger partial charge >= 0.3 is 6.18 Å². The Balaban J connectivity index is 2.06. The maximum absolute atomic E-state index is 12.4. The first-order valence-corrected chi connectivity index (χ1v) is 6.34. The van der Waals surface area contributed by atoms with Crippen molar-refractivity contribution in [2.45, 2.75) is 11.6 Å². The van der Waals surface area contributed by atoms with E-state index in [4.69, 9.17) is 11.6 Å². The summed E-state index contributed by atoms with van der Waals surface area (Å²) >= 11 is 5.99. The number of nitrogens with zero attached hydrogens (tertiary/aromatic N) is 1. The van der Waals surface area contributed by atoms with Crippen molar-refractivity contribution in [1.29, 1.82) is 0 Å². The molecule has 0 saturated carbocycles. The van der Waals surface area contributed by atoms with Crippen LogP contribution in [0.4, 0.5) is 19.0 Å². The number of hydrogen-bond donors (Lipinski definition) is 1. The minimum Gasteiger partial charge on any atom is -0.309 e. The number of carbonyl (C=O) groups is 1. The van der Waals surface area contributed by atoms with E-state index in [9.17, 15) is 18.0 Å². The first-order chi connectivity index (χ1) is 9.88. The number of halogens is 4. The maximum Gasteiger partial charge on any atom is 0.417 e. The average Bonchev–Trinajstić information content (AvgIpc) is 2.47. The molecular formula is C14H10ClF3N2O. The SMILES string of the molecule is O=C(Nc1ccc(C(F)(F)F)cn1)C(Cl)c1ccccc1. The Labute approximate surface area is 123 Å². The van der Waals surface area contributed by atoms with Crippen LogP contribution >= 0.6 is 11.6 Å². The summed E-state index contributed by atoms with van der Waals surface area (Å²) in [5.41, 5.74) is -0.297. The van der Waals surface area contributed by atoms with Gasteiger partial charge in [-0.25, -0.2) is 4.98 Å². The molecule has 0 fully saturated rings. The number of hydrogen-bond acceptors (Lipinski definition) is 2. The molecule has 2 aromatic rings. The zero-order chi connectivity index (χ0) is 15.5. The Bertz CT molecular complexity index is 614.